The van der Waals surface area contributed by atoms with Crippen molar-refractivity contribution in [2.24, 2.45) is 0 Å². The fourth-order valence-corrected chi connectivity index (χ4v) is 2.59. The Morgan fingerprint density at radius 1 is 1.37 bits per heavy atom. The smallest absolute Gasteiger partial charge is 0.278 e. The Hall–Kier alpha value is -1.94. The number of carbonyl (C=O) groups excluding carboxylic acids is 1. The Labute approximate surface area is 116 Å². The summed E-state index contributed by atoms with van der Waals surface area (Å²) in [6.07, 6.45) is 3.72. The molecule has 2 aromatic rings. The highest BCUT2D eigenvalue weighted by Crippen LogP contribution is 2.32. The predicted molar refractivity (Wildman–Crippen MR) is 73.5 cm³/mol. The molecule has 1 atom stereocenters. The van der Waals surface area contributed by atoms with Gasteiger partial charge in [-0.25, -0.2) is 4.98 Å². The number of halogens is 1. The van der Waals surface area contributed by atoms with E-state index in [0.29, 0.717) is 0 Å². The van der Waals surface area contributed by atoms with Gasteiger partial charge in [0.15, 0.2) is 0 Å². The minimum Gasteiger partial charge on any atom is -0.304 e. The molecule has 4 nitrogen and oxygen atoms in total. The van der Waals surface area contributed by atoms with Crippen molar-refractivity contribution in [3.63, 3.8) is 0 Å². The van der Waals surface area contributed by atoms with E-state index in [-0.39, 0.29) is 22.8 Å². The van der Waals surface area contributed by atoms with Crippen molar-refractivity contribution in [3.05, 3.63) is 53.1 Å². The highest BCUT2D eigenvalue weighted by molar-refractivity contribution is 6.29. The number of nitrogens with zero attached hydrogens (tertiary/aromatic N) is 3. The van der Waals surface area contributed by atoms with Crippen molar-refractivity contribution < 1.29 is 4.79 Å². The van der Waals surface area contributed by atoms with Gasteiger partial charge >= 0.3 is 0 Å². The highest BCUT2D eigenvalue weighted by atomic mass is 35.5. The first-order chi connectivity index (χ1) is 9.16. The molecule has 0 aliphatic carbocycles. The van der Waals surface area contributed by atoms with Crippen molar-refractivity contribution in [1.82, 2.24) is 9.97 Å². The lowest BCUT2D eigenvalue weighted by atomic mass is 10.1. The summed E-state index contributed by atoms with van der Waals surface area (Å²) < 4.78 is 0. The number of fused-ring (bicyclic) bond motifs is 1. The molecular formula is C14H12ClN3O. The molecule has 1 unspecified atom stereocenters. The third-order valence-electron chi connectivity index (χ3n) is 3.25. The summed E-state index contributed by atoms with van der Waals surface area (Å²) in [4.78, 5) is 22.2. The third-order valence-corrected chi connectivity index (χ3v) is 3.43. The maximum absolute atomic E-state index is 12.5. The van der Waals surface area contributed by atoms with Gasteiger partial charge in [0.05, 0.1) is 12.4 Å². The van der Waals surface area contributed by atoms with Gasteiger partial charge in [0.2, 0.25) is 0 Å². The van der Waals surface area contributed by atoms with Crippen LogP contribution in [-0.2, 0) is 6.42 Å². The lowest BCUT2D eigenvalue weighted by Crippen LogP contribution is -2.36. The zero-order chi connectivity index (χ0) is 13.4. The Bertz CT molecular complexity index is 644. The molecule has 96 valence electrons. The number of hydrogen-bond acceptors (Lipinski definition) is 3. The number of aromatic nitrogens is 2. The van der Waals surface area contributed by atoms with Gasteiger partial charge < -0.3 is 4.90 Å². The molecule has 3 rings (SSSR count). The molecule has 2 heterocycles. The van der Waals surface area contributed by atoms with Gasteiger partial charge in [-0.3, -0.25) is 9.78 Å². The fourth-order valence-electron chi connectivity index (χ4n) is 2.44. The molecule has 1 aliphatic rings. The summed E-state index contributed by atoms with van der Waals surface area (Å²) in [7, 11) is 0. The number of anilines is 1. The summed E-state index contributed by atoms with van der Waals surface area (Å²) in [5.74, 6) is -0.160. The van der Waals surface area contributed by atoms with Crippen LogP contribution in [-0.4, -0.2) is 21.9 Å². The van der Waals surface area contributed by atoms with Crippen LogP contribution in [0.3, 0.4) is 0 Å². The van der Waals surface area contributed by atoms with Gasteiger partial charge in [0.25, 0.3) is 5.91 Å². The van der Waals surface area contributed by atoms with Crippen molar-refractivity contribution >= 4 is 23.2 Å². The molecule has 1 amide bonds. The molecule has 1 aromatic heterocycles. The molecular weight excluding hydrogens is 262 g/mol. The van der Waals surface area contributed by atoms with E-state index in [4.69, 9.17) is 11.6 Å². The first-order valence-electron chi connectivity index (χ1n) is 6.06. The lowest BCUT2D eigenvalue weighted by molar-refractivity contribution is 0.0976. The van der Waals surface area contributed by atoms with Gasteiger partial charge in [-0.1, -0.05) is 29.8 Å². The minimum atomic E-state index is -0.160. The number of hydrogen-bond donors (Lipinski definition) is 0. The Balaban J connectivity index is 2.01. The predicted octanol–water partition coefficient (Wildman–Crippen LogP) is 2.72. The largest absolute Gasteiger partial charge is 0.304 e. The third kappa shape index (κ3) is 2.08. The number of rotatable bonds is 1. The summed E-state index contributed by atoms with van der Waals surface area (Å²) >= 11 is 5.79. The number of carbonyl (C=O) groups is 1. The molecule has 1 aliphatic heterocycles. The van der Waals surface area contributed by atoms with Crippen molar-refractivity contribution in [2.45, 2.75) is 19.4 Å². The van der Waals surface area contributed by atoms with Crippen molar-refractivity contribution in [3.8, 4) is 0 Å². The van der Waals surface area contributed by atoms with Crippen LogP contribution < -0.4 is 4.90 Å². The minimum absolute atomic E-state index is 0.116. The summed E-state index contributed by atoms with van der Waals surface area (Å²) in [5, 5.41) is 0.228. The first-order valence-corrected chi connectivity index (χ1v) is 6.43. The van der Waals surface area contributed by atoms with Gasteiger partial charge in [0, 0.05) is 11.7 Å². The number of amides is 1. The highest BCUT2D eigenvalue weighted by Gasteiger charge is 2.31. The van der Waals surface area contributed by atoms with Crippen LogP contribution in [0.15, 0.2) is 36.7 Å². The second-order valence-corrected chi connectivity index (χ2v) is 4.97. The molecule has 0 radical (unpaired) electrons. The van der Waals surface area contributed by atoms with E-state index in [0.717, 1.165) is 12.1 Å². The average Bonchev–Trinajstić information content (AvgIpc) is 2.74. The molecule has 0 fully saturated rings. The monoisotopic (exact) mass is 273 g/mol. The summed E-state index contributed by atoms with van der Waals surface area (Å²) in [6, 6.07) is 8.03. The molecule has 0 spiro atoms. The summed E-state index contributed by atoms with van der Waals surface area (Å²) in [5.41, 5.74) is 2.40. The van der Waals surface area contributed by atoms with Gasteiger partial charge in [0.1, 0.15) is 10.8 Å². The Morgan fingerprint density at radius 2 is 2.16 bits per heavy atom. The second-order valence-electron chi connectivity index (χ2n) is 4.58. The quantitative estimate of drug-likeness (QED) is 0.803. The van der Waals surface area contributed by atoms with Crippen LogP contribution in [0.5, 0.6) is 0 Å². The molecule has 0 N–H and O–H groups in total. The zero-order valence-corrected chi connectivity index (χ0v) is 11.1. The van der Waals surface area contributed by atoms with E-state index < -0.39 is 0 Å². The van der Waals surface area contributed by atoms with Gasteiger partial charge in [-0.2, -0.15) is 0 Å². The summed E-state index contributed by atoms with van der Waals surface area (Å²) in [6.45, 7) is 2.02. The van der Waals surface area contributed by atoms with Gasteiger partial charge in [-0.15, -0.1) is 0 Å². The van der Waals surface area contributed by atoms with Crippen molar-refractivity contribution in [1.29, 1.82) is 0 Å². The maximum atomic E-state index is 12.5. The molecule has 0 saturated heterocycles. The molecule has 0 bridgehead atoms. The van der Waals surface area contributed by atoms with Crippen LogP contribution in [0.1, 0.15) is 23.0 Å². The zero-order valence-electron chi connectivity index (χ0n) is 10.4. The molecule has 0 saturated carbocycles. The van der Waals surface area contributed by atoms with E-state index in [1.54, 1.807) is 4.90 Å². The van der Waals surface area contributed by atoms with E-state index in [1.807, 2.05) is 31.2 Å². The Kier molecular flexibility index (Phi) is 2.95. The van der Waals surface area contributed by atoms with Crippen LogP contribution in [0.2, 0.25) is 5.15 Å². The normalized spacial score (nSPS) is 17.4. The molecule has 1 aromatic carbocycles. The average molecular weight is 274 g/mol. The van der Waals surface area contributed by atoms with E-state index in [1.165, 1.54) is 18.0 Å². The molecule has 5 heteroatoms. The fraction of sp³-hybridized carbons (Fsp3) is 0.214. The van der Waals surface area contributed by atoms with E-state index >= 15 is 0 Å². The maximum Gasteiger partial charge on any atom is 0.278 e. The van der Waals surface area contributed by atoms with Crippen molar-refractivity contribution in [2.75, 3.05) is 4.90 Å². The second kappa shape index (κ2) is 4.63. The van der Waals surface area contributed by atoms with Gasteiger partial charge in [-0.05, 0) is 25.0 Å². The molecule has 19 heavy (non-hydrogen) atoms. The van der Waals surface area contributed by atoms with Crippen LogP contribution in [0, 0.1) is 0 Å². The lowest BCUT2D eigenvalue weighted by Gasteiger charge is -2.22. The van der Waals surface area contributed by atoms with Crippen LogP contribution in [0.4, 0.5) is 5.69 Å². The van der Waals surface area contributed by atoms with Crippen LogP contribution >= 0.6 is 11.6 Å². The standard InChI is InChI=1S/C14H12ClN3O/c1-9-6-10-4-2-3-5-12(10)18(9)14(19)11-7-16-8-13(15)17-11/h2-5,7-9H,6H2,1H3. The number of para-hydroxylation sites is 1. The topological polar surface area (TPSA) is 46.1 Å². The first kappa shape index (κ1) is 12.1. The number of benzene rings is 1. The van der Waals surface area contributed by atoms with E-state index in [2.05, 4.69) is 9.97 Å². The van der Waals surface area contributed by atoms with Crippen LogP contribution in [0.25, 0.3) is 0 Å². The van der Waals surface area contributed by atoms with E-state index in [9.17, 15) is 4.79 Å². The Morgan fingerprint density at radius 3 is 2.95 bits per heavy atom. The SMILES string of the molecule is CC1Cc2ccccc2N1C(=O)c1cncc(Cl)n1.